The lowest BCUT2D eigenvalue weighted by molar-refractivity contribution is -0.153. The van der Waals surface area contributed by atoms with Gasteiger partial charge in [-0.3, -0.25) is 19.3 Å². The SMILES string of the molecule is CC1=c2ccc3c(c2=CCC1)C(=O)C(=O)c1c-3oc(CN(C)CCOC(=O)C(C)(C)C)c1C. The number of hydrogen-bond acceptors (Lipinski definition) is 6. The highest BCUT2D eigenvalue weighted by Crippen LogP contribution is 2.37. The van der Waals surface area contributed by atoms with Gasteiger partial charge in [-0.2, -0.15) is 0 Å². The molecule has 2 aliphatic rings. The Hall–Kier alpha value is -2.99. The van der Waals surface area contributed by atoms with Crippen LogP contribution in [0.5, 0.6) is 0 Å². The van der Waals surface area contributed by atoms with Gasteiger partial charge in [0.05, 0.1) is 17.5 Å². The number of benzene rings is 1. The van der Waals surface area contributed by atoms with Gasteiger partial charge >= 0.3 is 5.97 Å². The second-order valence-electron chi connectivity index (χ2n) is 10.1. The molecule has 174 valence electrons. The minimum atomic E-state index is -0.539. The van der Waals surface area contributed by atoms with Crippen molar-refractivity contribution in [1.29, 1.82) is 0 Å². The number of hydrogen-bond donors (Lipinski definition) is 0. The summed E-state index contributed by atoms with van der Waals surface area (Å²) in [6.07, 6.45) is 3.87. The van der Waals surface area contributed by atoms with Crippen molar-refractivity contribution >= 4 is 29.2 Å². The third-order valence-electron chi connectivity index (χ3n) is 6.46. The number of fused-ring (bicyclic) bond motifs is 5. The summed E-state index contributed by atoms with van der Waals surface area (Å²) < 4.78 is 11.6. The zero-order valence-corrected chi connectivity index (χ0v) is 20.3. The van der Waals surface area contributed by atoms with E-state index in [-0.39, 0.29) is 12.6 Å². The van der Waals surface area contributed by atoms with Gasteiger partial charge in [-0.25, -0.2) is 0 Å². The van der Waals surface area contributed by atoms with Crippen LogP contribution in [0.4, 0.5) is 0 Å². The quantitative estimate of drug-likeness (QED) is 0.514. The van der Waals surface area contributed by atoms with Crippen LogP contribution in [-0.2, 0) is 16.1 Å². The minimum Gasteiger partial charge on any atom is -0.464 e. The van der Waals surface area contributed by atoms with E-state index in [1.807, 2.05) is 51.8 Å². The van der Waals surface area contributed by atoms with Gasteiger partial charge in [-0.05, 0) is 71.0 Å². The van der Waals surface area contributed by atoms with Crippen molar-refractivity contribution in [3.05, 3.63) is 45.0 Å². The topological polar surface area (TPSA) is 76.8 Å². The van der Waals surface area contributed by atoms with E-state index >= 15 is 0 Å². The molecule has 0 aliphatic heterocycles. The van der Waals surface area contributed by atoms with Crippen LogP contribution in [0.15, 0.2) is 16.5 Å². The molecule has 6 heteroatoms. The summed E-state index contributed by atoms with van der Waals surface area (Å²) in [5.74, 6) is -0.0824. The largest absolute Gasteiger partial charge is 0.464 e. The van der Waals surface area contributed by atoms with E-state index in [0.29, 0.717) is 46.9 Å². The van der Waals surface area contributed by atoms with Gasteiger partial charge in [0.1, 0.15) is 18.1 Å². The molecule has 0 fully saturated rings. The molecule has 0 bridgehead atoms. The third kappa shape index (κ3) is 4.08. The van der Waals surface area contributed by atoms with Gasteiger partial charge in [0.2, 0.25) is 11.6 Å². The van der Waals surface area contributed by atoms with Crippen molar-refractivity contribution in [1.82, 2.24) is 4.90 Å². The van der Waals surface area contributed by atoms with Crippen molar-refractivity contribution in [2.45, 2.75) is 54.0 Å². The molecule has 0 N–H and O–H groups in total. The normalized spacial score (nSPS) is 15.2. The van der Waals surface area contributed by atoms with Crippen LogP contribution in [0.1, 0.15) is 72.6 Å². The van der Waals surface area contributed by atoms with Crippen LogP contribution in [0.3, 0.4) is 0 Å². The Labute approximate surface area is 193 Å². The lowest BCUT2D eigenvalue weighted by Crippen LogP contribution is -2.38. The van der Waals surface area contributed by atoms with Crippen LogP contribution in [0, 0.1) is 12.3 Å². The Bertz CT molecular complexity index is 1290. The van der Waals surface area contributed by atoms with E-state index in [4.69, 9.17) is 9.15 Å². The van der Waals surface area contributed by atoms with Crippen molar-refractivity contribution in [3.8, 4) is 11.3 Å². The Kier molecular flexibility index (Phi) is 5.91. The van der Waals surface area contributed by atoms with Gasteiger partial charge in [0.25, 0.3) is 0 Å². The number of furan rings is 1. The average Bonchev–Trinajstić information content (AvgIpc) is 3.07. The second kappa shape index (κ2) is 8.41. The molecule has 2 aromatic rings. The van der Waals surface area contributed by atoms with Gasteiger partial charge in [-0.1, -0.05) is 17.7 Å². The number of rotatable bonds is 5. The van der Waals surface area contributed by atoms with Crippen LogP contribution in [0.25, 0.3) is 23.0 Å². The first-order chi connectivity index (χ1) is 15.5. The fraction of sp³-hybridized carbons (Fsp3) is 0.444. The summed E-state index contributed by atoms with van der Waals surface area (Å²) >= 11 is 0. The minimum absolute atomic E-state index is 0.242. The highest BCUT2D eigenvalue weighted by atomic mass is 16.5. The maximum atomic E-state index is 13.1. The first-order valence-electron chi connectivity index (χ1n) is 11.4. The van der Waals surface area contributed by atoms with Crippen LogP contribution < -0.4 is 10.4 Å². The Morgan fingerprint density at radius 3 is 2.52 bits per heavy atom. The summed E-state index contributed by atoms with van der Waals surface area (Å²) in [7, 11) is 1.90. The number of nitrogens with zero attached hydrogens (tertiary/aromatic N) is 1. The van der Waals surface area contributed by atoms with E-state index < -0.39 is 17.0 Å². The summed E-state index contributed by atoms with van der Waals surface area (Å²) in [5.41, 5.74) is 2.90. The molecular weight excluding hydrogens is 418 g/mol. The Morgan fingerprint density at radius 1 is 1.12 bits per heavy atom. The molecular formula is C27H31NO5. The first kappa shape index (κ1) is 23.2. The monoisotopic (exact) mass is 449 g/mol. The molecule has 0 saturated heterocycles. The number of Topliss-reactive ketones (excluding diaryl/α,β-unsaturated/α-hetero) is 2. The summed E-state index contributed by atoms with van der Waals surface area (Å²) in [5, 5.41) is 1.89. The van der Waals surface area contributed by atoms with Crippen LogP contribution in [0.2, 0.25) is 0 Å². The summed E-state index contributed by atoms with van der Waals surface area (Å²) in [6, 6.07) is 3.93. The van der Waals surface area contributed by atoms with Crippen molar-refractivity contribution in [3.63, 3.8) is 0 Å². The van der Waals surface area contributed by atoms with E-state index in [0.717, 1.165) is 23.3 Å². The predicted molar refractivity (Wildman–Crippen MR) is 126 cm³/mol. The molecule has 2 aliphatic carbocycles. The molecule has 33 heavy (non-hydrogen) atoms. The average molecular weight is 450 g/mol. The number of ketones is 2. The zero-order valence-electron chi connectivity index (χ0n) is 20.3. The number of esters is 1. The lowest BCUT2D eigenvalue weighted by atomic mass is 9.83. The smallest absolute Gasteiger partial charge is 0.311 e. The van der Waals surface area contributed by atoms with Crippen molar-refractivity contribution in [2.75, 3.05) is 20.2 Å². The van der Waals surface area contributed by atoms with Crippen LogP contribution in [-0.4, -0.2) is 42.6 Å². The second-order valence-corrected chi connectivity index (χ2v) is 10.1. The molecule has 1 aromatic carbocycles. The molecule has 0 unspecified atom stereocenters. The maximum absolute atomic E-state index is 13.1. The fourth-order valence-electron chi connectivity index (χ4n) is 4.44. The van der Waals surface area contributed by atoms with Gasteiger partial charge in [0, 0.05) is 23.2 Å². The third-order valence-corrected chi connectivity index (χ3v) is 6.46. The number of ether oxygens (including phenoxy) is 1. The van der Waals surface area contributed by atoms with Gasteiger partial charge in [-0.15, -0.1) is 0 Å². The maximum Gasteiger partial charge on any atom is 0.311 e. The summed E-state index contributed by atoms with van der Waals surface area (Å²) in [4.78, 5) is 40.2. The molecule has 0 amide bonds. The zero-order chi connectivity index (χ0) is 24.1. The predicted octanol–water partition coefficient (Wildman–Crippen LogP) is 3.40. The molecule has 0 atom stereocenters. The Morgan fingerprint density at radius 2 is 1.82 bits per heavy atom. The highest BCUT2D eigenvalue weighted by Gasteiger charge is 2.37. The van der Waals surface area contributed by atoms with Gasteiger partial charge in [0.15, 0.2) is 0 Å². The molecule has 0 spiro atoms. The summed E-state index contributed by atoms with van der Waals surface area (Å²) in [6.45, 7) is 10.6. The molecule has 4 rings (SSSR count). The van der Waals surface area contributed by atoms with Crippen LogP contribution >= 0.6 is 0 Å². The first-order valence-corrected chi connectivity index (χ1v) is 11.4. The number of carbonyl (C=O) groups excluding carboxylic acids is 3. The van der Waals surface area contributed by atoms with E-state index in [9.17, 15) is 14.4 Å². The lowest BCUT2D eigenvalue weighted by Gasteiger charge is -2.19. The molecule has 6 nitrogen and oxygen atoms in total. The molecule has 1 heterocycles. The van der Waals surface area contributed by atoms with E-state index in [2.05, 4.69) is 13.0 Å². The molecule has 0 radical (unpaired) electrons. The number of likely N-dealkylation sites (N-methyl/N-ethyl adjacent to an activating group) is 1. The fourth-order valence-corrected chi connectivity index (χ4v) is 4.44. The van der Waals surface area contributed by atoms with E-state index in [1.54, 1.807) is 0 Å². The van der Waals surface area contributed by atoms with E-state index in [1.165, 1.54) is 5.57 Å². The standard InChI is InChI=1S/C27H31NO5/c1-15-8-7-9-18-17(15)10-11-19-22(18)24(30)23(29)21-16(2)20(33-25(19)21)14-28(6)12-13-32-26(31)27(3,4)5/h9-11H,7-8,12-14H2,1-6H3. The van der Waals surface area contributed by atoms with Gasteiger partial charge < -0.3 is 9.15 Å². The molecule has 0 saturated carbocycles. The van der Waals surface area contributed by atoms with Crippen molar-refractivity contribution in [2.24, 2.45) is 5.41 Å². The highest BCUT2D eigenvalue weighted by molar-refractivity contribution is 6.53. The van der Waals surface area contributed by atoms with Crippen molar-refractivity contribution < 1.29 is 23.5 Å². The number of carbonyl (C=O) groups is 3. The Balaban J connectivity index is 1.63. The molecule has 1 aromatic heterocycles.